The summed E-state index contributed by atoms with van der Waals surface area (Å²) in [6.07, 6.45) is 4.97. The van der Waals surface area contributed by atoms with Crippen LogP contribution in [0.1, 0.15) is 13.8 Å². The predicted octanol–water partition coefficient (Wildman–Crippen LogP) is 1.50. The van der Waals surface area contributed by atoms with E-state index in [9.17, 15) is 0 Å². The molecule has 0 aliphatic carbocycles. The molecule has 0 aromatic rings. The van der Waals surface area contributed by atoms with Gasteiger partial charge in [-0.05, 0) is 13.8 Å². The number of hydrogen-bond acceptors (Lipinski definition) is 1. The third-order valence-corrected chi connectivity index (χ3v) is 0.917. The number of allylic oxidation sites excluding steroid dienone is 1. The van der Waals surface area contributed by atoms with Crippen LogP contribution in [0.2, 0.25) is 0 Å². The fraction of sp³-hybridized carbons (Fsp3) is 0.429. The third-order valence-electron chi connectivity index (χ3n) is 0.917. The topological polar surface area (TPSA) is 20.2 Å². The fourth-order valence-corrected chi connectivity index (χ4v) is 0.405. The van der Waals surface area contributed by atoms with Crippen LogP contribution in [0.4, 0.5) is 0 Å². The van der Waals surface area contributed by atoms with E-state index in [1.807, 2.05) is 6.92 Å². The largest absolute Gasteiger partial charge is 0.382 e. The lowest BCUT2D eigenvalue weighted by atomic mass is 10.1. The molecular weight excluding hydrogens is 100 g/mol. The standard InChI is InChI=1S/C7H12O/c1-4-6-7(3,8)5-2/h4-6,8H,2H2,1,3H3. The minimum atomic E-state index is -0.825. The fourth-order valence-electron chi connectivity index (χ4n) is 0.405. The van der Waals surface area contributed by atoms with Crippen molar-refractivity contribution in [3.05, 3.63) is 24.8 Å². The van der Waals surface area contributed by atoms with Crippen molar-refractivity contribution in [2.75, 3.05) is 0 Å². The van der Waals surface area contributed by atoms with Crippen LogP contribution < -0.4 is 0 Å². The summed E-state index contributed by atoms with van der Waals surface area (Å²) >= 11 is 0. The number of aliphatic hydroxyl groups is 1. The maximum atomic E-state index is 9.12. The highest BCUT2D eigenvalue weighted by atomic mass is 16.3. The molecular formula is C7H12O. The number of hydrogen-bond donors (Lipinski definition) is 1. The monoisotopic (exact) mass is 112 g/mol. The lowest BCUT2D eigenvalue weighted by molar-refractivity contribution is 0.164. The Morgan fingerprint density at radius 2 is 2.12 bits per heavy atom. The van der Waals surface area contributed by atoms with Crippen molar-refractivity contribution in [1.82, 2.24) is 0 Å². The highest BCUT2D eigenvalue weighted by molar-refractivity contribution is 5.07. The summed E-state index contributed by atoms with van der Waals surface area (Å²) in [5, 5.41) is 9.12. The molecule has 0 heterocycles. The minimum Gasteiger partial charge on any atom is -0.382 e. The molecule has 0 aliphatic rings. The Labute approximate surface area is 50.3 Å². The Hall–Kier alpha value is -0.560. The van der Waals surface area contributed by atoms with Crippen LogP contribution in [0.5, 0.6) is 0 Å². The van der Waals surface area contributed by atoms with Crippen molar-refractivity contribution >= 4 is 0 Å². The quantitative estimate of drug-likeness (QED) is 0.537. The van der Waals surface area contributed by atoms with Crippen LogP contribution >= 0.6 is 0 Å². The van der Waals surface area contributed by atoms with Gasteiger partial charge < -0.3 is 5.11 Å². The Balaban J connectivity index is 3.90. The van der Waals surface area contributed by atoms with E-state index in [1.54, 1.807) is 19.1 Å². The van der Waals surface area contributed by atoms with E-state index in [-0.39, 0.29) is 0 Å². The first-order valence-electron chi connectivity index (χ1n) is 2.62. The molecule has 0 saturated heterocycles. The van der Waals surface area contributed by atoms with Gasteiger partial charge in [0.15, 0.2) is 0 Å². The molecule has 0 saturated carbocycles. The SMILES string of the molecule is C=CC(C)(O)C=CC. The maximum Gasteiger partial charge on any atom is 0.0977 e. The normalized spacial score (nSPS) is 18.4. The Bertz CT molecular complexity index is 101. The summed E-state index contributed by atoms with van der Waals surface area (Å²) in [5.41, 5.74) is -0.825. The molecule has 1 unspecified atom stereocenters. The molecule has 0 amide bonds. The predicted molar refractivity (Wildman–Crippen MR) is 35.6 cm³/mol. The molecule has 0 aromatic carbocycles. The van der Waals surface area contributed by atoms with Crippen molar-refractivity contribution in [3.8, 4) is 0 Å². The zero-order chi connectivity index (χ0) is 6.62. The second-order valence-electron chi connectivity index (χ2n) is 1.93. The molecule has 0 rings (SSSR count). The van der Waals surface area contributed by atoms with Gasteiger partial charge in [-0.1, -0.05) is 24.8 Å². The molecule has 8 heavy (non-hydrogen) atoms. The minimum absolute atomic E-state index is 0.825. The molecule has 0 radical (unpaired) electrons. The van der Waals surface area contributed by atoms with Crippen LogP contribution in [-0.4, -0.2) is 10.7 Å². The molecule has 0 fully saturated rings. The van der Waals surface area contributed by atoms with E-state index >= 15 is 0 Å². The zero-order valence-electron chi connectivity index (χ0n) is 5.39. The molecule has 1 atom stereocenters. The van der Waals surface area contributed by atoms with Crippen molar-refractivity contribution in [1.29, 1.82) is 0 Å². The molecule has 0 spiro atoms. The molecule has 1 heteroatoms. The second kappa shape index (κ2) is 2.68. The van der Waals surface area contributed by atoms with Crippen LogP contribution in [0.3, 0.4) is 0 Å². The van der Waals surface area contributed by atoms with E-state index in [0.29, 0.717) is 0 Å². The first-order chi connectivity index (χ1) is 3.62. The molecule has 0 aromatic heterocycles. The summed E-state index contributed by atoms with van der Waals surface area (Å²) in [7, 11) is 0. The van der Waals surface area contributed by atoms with Gasteiger partial charge in [0, 0.05) is 0 Å². The Morgan fingerprint density at radius 1 is 1.62 bits per heavy atom. The van der Waals surface area contributed by atoms with Gasteiger partial charge in [0.25, 0.3) is 0 Å². The second-order valence-corrected chi connectivity index (χ2v) is 1.93. The Morgan fingerprint density at radius 3 is 2.25 bits per heavy atom. The molecule has 0 aliphatic heterocycles. The van der Waals surface area contributed by atoms with Gasteiger partial charge in [0.05, 0.1) is 5.60 Å². The molecule has 0 bridgehead atoms. The van der Waals surface area contributed by atoms with Crippen molar-refractivity contribution in [3.63, 3.8) is 0 Å². The highest BCUT2D eigenvalue weighted by Crippen LogP contribution is 2.04. The maximum absolute atomic E-state index is 9.12. The van der Waals surface area contributed by atoms with Gasteiger partial charge in [-0.2, -0.15) is 0 Å². The molecule has 1 N–H and O–H groups in total. The van der Waals surface area contributed by atoms with Gasteiger partial charge in [0.2, 0.25) is 0 Å². The van der Waals surface area contributed by atoms with Crippen molar-refractivity contribution in [2.24, 2.45) is 0 Å². The summed E-state index contributed by atoms with van der Waals surface area (Å²) in [5.74, 6) is 0. The summed E-state index contributed by atoms with van der Waals surface area (Å²) in [4.78, 5) is 0. The van der Waals surface area contributed by atoms with Crippen molar-refractivity contribution < 1.29 is 5.11 Å². The van der Waals surface area contributed by atoms with Gasteiger partial charge in [-0.15, -0.1) is 0 Å². The van der Waals surface area contributed by atoms with Crippen LogP contribution in [0.25, 0.3) is 0 Å². The van der Waals surface area contributed by atoms with Gasteiger partial charge >= 0.3 is 0 Å². The smallest absolute Gasteiger partial charge is 0.0977 e. The summed E-state index contributed by atoms with van der Waals surface area (Å²) in [6, 6.07) is 0. The van der Waals surface area contributed by atoms with Gasteiger partial charge in [0.1, 0.15) is 0 Å². The number of rotatable bonds is 2. The first kappa shape index (κ1) is 7.44. The van der Waals surface area contributed by atoms with Crippen LogP contribution in [-0.2, 0) is 0 Å². The summed E-state index contributed by atoms with van der Waals surface area (Å²) in [6.45, 7) is 6.99. The molecule has 46 valence electrons. The first-order valence-corrected chi connectivity index (χ1v) is 2.62. The van der Waals surface area contributed by atoms with E-state index < -0.39 is 5.60 Å². The van der Waals surface area contributed by atoms with E-state index in [0.717, 1.165) is 0 Å². The van der Waals surface area contributed by atoms with Gasteiger partial charge in [-0.3, -0.25) is 0 Å². The summed E-state index contributed by atoms with van der Waals surface area (Å²) < 4.78 is 0. The lowest BCUT2D eigenvalue weighted by Crippen LogP contribution is -2.15. The molecule has 1 nitrogen and oxygen atoms in total. The highest BCUT2D eigenvalue weighted by Gasteiger charge is 2.07. The van der Waals surface area contributed by atoms with Crippen LogP contribution in [0, 0.1) is 0 Å². The van der Waals surface area contributed by atoms with Gasteiger partial charge in [-0.25, -0.2) is 0 Å². The van der Waals surface area contributed by atoms with E-state index in [4.69, 9.17) is 5.11 Å². The van der Waals surface area contributed by atoms with Crippen molar-refractivity contribution in [2.45, 2.75) is 19.4 Å². The lowest BCUT2D eigenvalue weighted by Gasteiger charge is -2.10. The van der Waals surface area contributed by atoms with Crippen LogP contribution in [0.15, 0.2) is 24.8 Å². The average molecular weight is 112 g/mol. The third kappa shape index (κ3) is 2.59. The van der Waals surface area contributed by atoms with E-state index in [1.165, 1.54) is 6.08 Å². The average Bonchev–Trinajstić information content (AvgIpc) is 1.67. The van der Waals surface area contributed by atoms with E-state index in [2.05, 4.69) is 6.58 Å². The Kier molecular flexibility index (Phi) is 2.49. The zero-order valence-corrected chi connectivity index (χ0v) is 5.39.